The Labute approximate surface area is 130 Å². The summed E-state index contributed by atoms with van der Waals surface area (Å²) in [4.78, 5) is 16.9. The van der Waals surface area contributed by atoms with Crippen molar-refractivity contribution in [1.82, 2.24) is 9.55 Å². The summed E-state index contributed by atoms with van der Waals surface area (Å²) in [6, 6.07) is 15.5. The van der Waals surface area contributed by atoms with E-state index in [9.17, 15) is 4.79 Å². The number of aromatic nitrogens is 2. The number of hydrogen-bond acceptors (Lipinski definition) is 3. The fourth-order valence-corrected chi connectivity index (χ4v) is 2.54. The van der Waals surface area contributed by atoms with Gasteiger partial charge in [0.1, 0.15) is 0 Å². The van der Waals surface area contributed by atoms with Crippen molar-refractivity contribution in [3.05, 3.63) is 68.9 Å². The van der Waals surface area contributed by atoms with Gasteiger partial charge in [-0.05, 0) is 23.8 Å². The number of rotatable bonds is 3. The Morgan fingerprint density at radius 1 is 1.19 bits per heavy atom. The second-order valence-corrected chi connectivity index (χ2v) is 5.72. The van der Waals surface area contributed by atoms with E-state index in [1.807, 2.05) is 42.5 Å². The zero-order valence-corrected chi connectivity index (χ0v) is 13.1. The average Bonchev–Trinajstić information content (AvgIpc) is 2.51. The second kappa shape index (κ2) is 5.69. The highest BCUT2D eigenvalue weighted by atomic mass is 79.9. The van der Waals surface area contributed by atoms with Crippen molar-refractivity contribution >= 4 is 32.8 Å². The monoisotopic (exact) mass is 343 g/mol. The maximum Gasteiger partial charge on any atom is 0.262 e. The minimum Gasteiger partial charge on any atom is -0.351 e. The summed E-state index contributed by atoms with van der Waals surface area (Å²) in [6.45, 7) is 0.628. The molecule has 3 rings (SSSR count). The summed E-state index contributed by atoms with van der Waals surface area (Å²) in [5, 5.41) is 3.83. The Balaban J connectivity index is 1.98. The number of anilines is 1. The van der Waals surface area contributed by atoms with Crippen molar-refractivity contribution in [1.29, 1.82) is 0 Å². The maximum absolute atomic E-state index is 12.4. The second-order valence-electron chi connectivity index (χ2n) is 4.80. The van der Waals surface area contributed by atoms with Crippen LogP contribution in [0.4, 0.5) is 5.95 Å². The number of nitrogens with one attached hydrogen (secondary N) is 1. The average molecular weight is 344 g/mol. The van der Waals surface area contributed by atoms with E-state index in [2.05, 4.69) is 26.2 Å². The first kappa shape index (κ1) is 13.8. The maximum atomic E-state index is 12.4. The predicted octanol–water partition coefficient (Wildman–Crippen LogP) is 3.31. The van der Waals surface area contributed by atoms with E-state index in [1.165, 1.54) is 4.57 Å². The number of fused-ring (bicyclic) bond motifs is 1. The highest BCUT2D eigenvalue weighted by Crippen LogP contribution is 2.17. The number of halogens is 1. The predicted molar refractivity (Wildman–Crippen MR) is 88.5 cm³/mol. The van der Waals surface area contributed by atoms with Gasteiger partial charge in [-0.1, -0.05) is 46.3 Å². The van der Waals surface area contributed by atoms with Gasteiger partial charge in [0.2, 0.25) is 5.95 Å². The van der Waals surface area contributed by atoms with E-state index in [-0.39, 0.29) is 5.56 Å². The molecular weight excluding hydrogens is 330 g/mol. The van der Waals surface area contributed by atoms with Crippen molar-refractivity contribution in [3.8, 4) is 0 Å². The van der Waals surface area contributed by atoms with Crippen LogP contribution < -0.4 is 10.9 Å². The third-order valence-corrected chi connectivity index (χ3v) is 3.82. The normalized spacial score (nSPS) is 10.8. The van der Waals surface area contributed by atoms with Crippen molar-refractivity contribution in [2.45, 2.75) is 6.54 Å². The van der Waals surface area contributed by atoms with Crippen LogP contribution in [0.1, 0.15) is 5.56 Å². The fourth-order valence-electron chi connectivity index (χ4n) is 2.18. The zero-order chi connectivity index (χ0) is 14.8. The Hall–Kier alpha value is -2.14. The molecule has 0 radical (unpaired) electrons. The lowest BCUT2D eigenvalue weighted by Gasteiger charge is -2.11. The third kappa shape index (κ3) is 2.83. The van der Waals surface area contributed by atoms with Crippen LogP contribution in [0.25, 0.3) is 10.9 Å². The van der Waals surface area contributed by atoms with E-state index in [4.69, 9.17) is 0 Å². The number of benzene rings is 2. The van der Waals surface area contributed by atoms with Gasteiger partial charge >= 0.3 is 0 Å². The molecule has 0 amide bonds. The Morgan fingerprint density at radius 3 is 2.71 bits per heavy atom. The van der Waals surface area contributed by atoms with Gasteiger partial charge in [-0.25, -0.2) is 4.98 Å². The largest absolute Gasteiger partial charge is 0.351 e. The summed E-state index contributed by atoms with van der Waals surface area (Å²) in [6.07, 6.45) is 0. The molecule has 1 N–H and O–H groups in total. The Kier molecular flexibility index (Phi) is 3.75. The first-order valence-electron chi connectivity index (χ1n) is 6.59. The quantitative estimate of drug-likeness (QED) is 0.793. The molecule has 0 saturated carbocycles. The van der Waals surface area contributed by atoms with Gasteiger partial charge < -0.3 is 5.32 Å². The van der Waals surface area contributed by atoms with Gasteiger partial charge in [0.25, 0.3) is 5.56 Å². The van der Waals surface area contributed by atoms with E-state index in [1.54, 1.807) is 13.1 Å². The van der Waals surface area contributed by atoms with Crippen molar-refractivity contribution < 1.29 is 0 Å². The number of hydrogen-bond donors (Lipinski definition) is 1. The van der Waals surface area contributed by atoms with Crippen molar-refractivity contribution in [3.63, 3.8) is 0 Å². The van der Waals surface area contributed by atoms with Gasteiger partial charge in [0.05, 0.1) is 10.9 Å². The van der Waals surface area contributed by atoms with Gasteiger partial charge in [-0.2, -0.15) is 0 Å². The van der Waals surface area contributed by atoms with E-state index >= 15 is 0 Å². The molecule has 0 bridgehead atoms. The van der Waals surface area contributed by atoms with Gasteiger partial charge in [-0.15, -0.1) is 0 Å². The van der Waals surface area contributed by atoms with Crippen LogP contribution in [-0.4, -0.2) is 9.55 Å². The molecule has 0 fully saturated rings. The van der Waals surface area contributed by atoms with Crippen LogP contribution >= 0.6 is 15.9 Å². The molecule has 0 unspecified atom stereocenters. The molecule has 0 spiro atoms. The summed E-state index contributed by atoms with van der Waals surface area (Å²) in [7, 11) is 1.73. The van der Waals surface area contributed by atoms with Crippen molar-refractivity contribution in [2.75, 3.05) is 5.32 Å². The first-order chi connectivity index (χ1) is 10.1. The van der Waals surface area contributed by atoms with Crippen molar-refractivity contribution in [2.24, 2.45) is 7.05 Å². The molecule has 0 aliphatic heterocycles. The lowest BCUT2D eigenvalue weighted by molar-refractivity contribution is 0.838. The van der Waals surface area contributed by atoms with E-state index in [0.717, 1.165) is 10.0 Å². The SMILES string of the molecule is Cn1c(NCc2ccccc2)nc2ccc(Br)cc2c1=O. The topological polar surface area (TPSA) is 46.9 Å². The smallest absolute Gasteiger partial charge is 0.262 e. The summed E-state index contributed by atoms with van der Waals surface area (Å²) in [5.74, 6) is 0.568. The van der Waals surface area contributed by atoms with E-state index in [0.29, 0.717) is 23.4 Å². The van der Waals surface area contributed by atoms with Crippen LogP contribution in [0.3, 0.4) is 0 Å². The molecule has 106 valence electrons. The van der Waals surface area contributed by atoms with Crippen LogP contribution in [0.2, 0.25) is 0 Å². The Bertz CT molecular complexity index is 843. The molecule has 5 heteroatoms. The molecule has 3 aromatic rings. The molecule has 21 heavy (non-hydrogen) atoms. The molecule has 0 atom stereocenters. The highest BCUT2D eigenvalue weighted by Gasteiger charge is 2.08. The highest BCUT2D eigenvalue weighted by molar-refractivity contribution is 9.10. The van der Waals surface area contributed by atoms with Crippen LogP contribution in [0.15, 0.2) is 57.8 Å². The zero-order valence-electron chi connectivity index (χ0n) is 11.5. The third-order valence-electron chi connectivity index (χ3n) is 3.33. The van der Waals surface area contributed by atoms with E-state index < -0.39 is 0 Å². The lowest BCUT2D eigenvalue weighted by atomic mass is 10.2. The molecule has 1 heterocycles. The van der Waals surface area contributed by atoms with Crippen LogP contribution in [0.5, 0.6) is 0 Å². The fraction of sp³-hybridized carbons (Fsp3) is 0.125. The lowest BCUT2D eigenvalue weighted by Crippen LogP contribution is -2.22. The summed E-state index contributed by atoms with van der Waals surface area (Å²) in [5.41, 5.74) is 1.77. The molecule has 0 aliphatic rings. The summed E-state index contributed by atoms with van der Waals surface area (Å²) >= 11 is 3.38. The van der Waals surface area contributed by atoms with Gasteiger partial charge in [-0.3, -0.25) is 9.36 Å². The molecular formula is C16H14BrN3O. The minimum absolute atomic E-state index is 0.0585. The molecule has 0 saturated heterocycles. The Morgan fingerprint density at radius 2 is 1.95 bits per heavy atom. The summed E-state index contributed by atoms with van der Waals surface area (Å²) < 4.78 is 2.41. The van der Waals surface area contributed by atoms with Crippen LogP contribution in [-0.2, 0) is 13.6 Å². The molecule has 0 aliphatic carbocycles. The standard InChI is InChI=1S/C16H14BrN3O/c1-20-15(21)13-9-12(17)7-8-14(13)19-16(20)18-10-11-5-3-2-4-6-11/h2-9H,10H2,1H3,(H,18,19). The minimum atomic E-state index is -0.0585. The first-order valence-corrected chi connectivity index (χ1v) is 7.38. The molecule has 2 aromatic carbocycles. The van der Waals surface area contributed by atoms with Gasteiger partial charge in [0.15, 0.2) is 0 Å². The number of nitrogens with zero attached hydrogens (tertiary/aromatic N) is 2. The molecule has 1 aromatic heterocycles. The molecule has 4 nitrogen and oxygen atoms in total. The van der Waals surface area contributed by atoms with Gasteiger partial charge in [0, 0.05) is 18.1 Å². The van der Waals surface area contributed by atoms with Crippen LogP contribution in [0, 0.1) is 0 Å².